The second-order valence-corrected chi connectivity index (χ2v) is 6.57. The van der Waals surface area contributed by atoms with Crippen LogP contribution < -0.4 is 15.4 Å². The summed E-state index contributed by atoms with van der Waals surface area (Å²) in [4.78, 5) is 12.1. The highest BCUT2D eigenvalue weighted by atomic mass is 19.2. The van der Waals surface area contributed by atoms with Gasteiger partial charge in [-0.25, -0.2) is 26.7 Å². The second-order valence-electron chi connectivity index (χ2n) is 6.57. The van der Waals surface area contributed by atoms with Crippen molar-refractivity contribution in [2.75, 3.05) is 10.6 Å². The first-order chi connectivity index (χ1) is 15.3. The summed E-state index contributed by atoms with van der Waals surface area (Å²) >= 11 is 0. The number of hydrogen-bond donors (Lipinski definition) is 3. The number of aromatic nitrogens is 2. The number of aromatic amines is 1. The molecular formula is C21H13F5N4O2. The number of carbonyl (C=O) groups excluding carboxylic acids is 1. The predicted molar refractivity (Wildman–Crippen MR) is 106 cm³/mol. The largest absolute Gasteiger partial charge is 0.489 e. The summed E-state index contributed by atoms with van der Waals surface area (Å²) < 4.78 is 72.8. The molecule has 0 atom stereocenters. The van der Waals surface area contributed by atoms with Crippen LogP contribution in [0.15, 0.2) is 48.5 Å². The maximum absolute atomic E-state index is 13.7. The van der Waals surface area contributed by atoms with Crippen LogP contribution in [0.25, 0.3) is 10.9 Å². The predicted octanol–water partition coefficient (Wildman–Crippen LogP) is 5.48. The van der Waals surface area contributed by atoms with Crippen molar-refractivity contribution in [1.29, 1.82) is 0 Å². The number of carbonyl (C=O) groups is 1. The van der Waals surface area contributed by atoms with Crippen LogP contribution >= 0.6 is 0 Å². The third kappa shape index (κ3) is 4.17. The van der Waals surface area contributed by atoms with Gasteiger partial charge in [0.05, 0.1) is 16.8 Å². The first kappa shape index (κ1) is 21.1. The lowest BCUT2D eigenvalue weighted by Crippen LogP contribution is -2.21. The number of anilines is 2. The maximum Gasteiger partial charge on any atom is 0.324 e. The average molecular weight is 448 g/mol. The van der Waals surface area contributed by atoms with Gasteiger partial charge >= 0.3 is 6.03 Å². The van der Waals surface area contributed by atoms with E-state index in [0.717, 1.165) is 18.2 Å². The quantitative estimate of drug-likeness (QED) is 0.279. The lowest BCUT2D eigenvalue weighted by atomic mass is 10.2. The number of hydrogen-bond acceptors (Lipinski definition) is 3. The van der Waals surface area contributed by atoms with Gasteiger partial charge in [0.1, 0.15) is 24.0 Å². The van der Waals surface area contributed by atoms with E-state index in [9.17, 15) is 26.7 Å². The molecule has 3 N–H and O–H groups in total. The van der Waals surface area contributed by atoms with Crippen LogP contribution in [0.3, 0.4) is 0 Å². The molecule has 32 heavy (non-hydrogen) atoms. The molecule has 0 spiro atoms. The Labute approximate surface area is 177 Å². The van der Waals surface area contributed by atoms with E-state index in [1.807, 2.05) is 0 Å². The van der Waals surface area contributed by atoms with Crippen molar-refractivity contribution in [3.05, 3.63) is 83.2 Å². The van der Waals surface area contributed by atoms with Gasteiger partial charge in [-0.3, -0.25) is 10.4 Å². The molecule has 0 radical (unpaired) electrons. The number of H-pyrrole nitrogens is 1. The minimum Gasteiger partial charge on any atom is -0.489 e. The van der Waals surface area contributed by atoms with Crippen molar-refractivity contribution in [3.63, 3.8) is 0 Å². The second kappa shape index (κ2) is 8.53. The Balaban J connectivity index is 1.46. The van der Waals surface area contributed by atoms with Crippen LogP contribution in [0.2, 0.25) is 0 Å². The molecule has 0 bridgehead atoms. The maximum atomic E-state index is 13.7. The SMILES string of the molecule is O=C(Nc1ccc(F)c(F)c1F)Nc1n[nH]c2cc(OCc3c(F)cccc3F)ccc12. The van der Waals surface area contributed by atoms with Crippen LogP contribution in [-0.2, 0) is 6.61 Å². The molecule has 2 amide bonds. The summed E-state index contributed by atoms with van der Waals surface area (Å²) in [6, 6.07) is 8.61. The van der Waals surface area contributed by atoms with Crippen LogP contribution in [0.1, 0.15) is 5.56 Å². The van der Waals surface area contributed by atoms with Crippen molar-refractivity contribution >= 4 is 28.4 Å². The summed E-state index contributed by atoms with van der Waals surface area (Å²) in [6.07, 6.45) is 0. The topological polar surface area (TPSA) is 79.0 Å². The number of nitrogens with one attached hydrogen (secondary N) is 3. The van der Waals surface area contributed by atoms with Crippen LogP contribution in [0.4, 0.5) is 38.3 Å². The van der Waals surface area contributed by atoms with Crippen LogP contribution in [0, 0.1) is 29.1 Å². The van der Waals surface area contributed by atoms with E-state index in [0.29, 0.717) is 17.0 Å². The van der Waals surface area contributed by atoms with E-state index in [-0.39, 0.29) is 23.7 Å². The highest BCUT2D eigenvalue weighted by molar-refractivity contribution is 6.04. The van der Waals surface area contributed by atoms with E-state index < -0.39 is 40.8 Å². The summed E-state index contributed by atoms with van der Waals surface area (Å²) in [5, 5.41) is 11.4. The molecule has 0 saturated carbocycles. The summed E-state index contributed by atoms with van der Waals surface area (Å²) in [5.41, 5.74) is -0.358. The van der Waals surface area contributed by atoms with Crippen LogP contribution in [-0.4, -0.2) is 16.2 Å². The lowest BCUT2D eigenvalue weighted by molar-refractivity contribution is 0.262. The number of nitrogens with zero attached hydrogens (tertiary/aromatic N) is 1. The van der Waals surface area contributed by atoms with Gasteiger partial charge in [0, 0.05) is 11.5 Å². The number of amides is 2. The van der Waals surface area contributed by atoms with Gasteiger partial charge in [-0.1, -0.05) is 6.07 Å². The molecule has 164 valence electrons. The normalized spacial score (nSPS) is 10.9. The summed E-state index contributed by atoms with van der Waals surface area (Å²) in [7, 11) is 0. The van der Waals surface area contributed by atoms with E-state index in [1.54, 1.807) is 0 Å². The van der Waals surface area contributed by atoms with Crippen molar-refractivity contribution in [1.82, 2.24) is 10.2 Å². The Morgan fingerprint density at radius 1 is 0.906 bits per heavy atom. The first-order valence-corrected chi connectivity index (χ1v) is 9.09. The zero-order chi connectivity index (χ0) is 22.8. The fourth-order valence-corrected chi connectivity index (χ4v) is 2.89. The monoisotopic (exact) mass is 448 g/mol. The lowest BCUT2D eigenvalue weighted by Gasteiger charge is -2.09. The van der Waals surface area contributed by atoms with Crippen molar-refractivity contribution < 1.29 is 31.5 Å². The fourth-order valence-electron chi connectivity index (χ4n) is 2.89. The molecule has 4 aromatic rings. The van der Waals surface area contributed by atoms with Gasteiger partial charge < -0.3 is 10.1 Å². The number of halogens is 5. The van der Waals surface area contributed by atoms with Gasteiger partial charge in [0.2, 0.25) is 0 Å². The fraction of sp³-hybridized carbons (Fsp3) is 0.0476. The molecule has 0 fully saturated rings. The highest BCUT2D eigenvalue weighted by Crippen LogP contribution is 2.26. The molecular weight excluding hydrogens is 435 g/mol. The molecule has 0 aliphatic heterocycles. The Morgan fingerprint density at radius 3 is 2.41 bits per heavy atom. The highest BCUT2D eigenvalue weighted by Gasteiger charge is 2.17. The van der Waals surface area contributed by atoms with E-state index >= 15 is 0 Å². The minimum atomic E-state index is -1.71. The number of ether oxygens (including phenoxy) is 1. The van der Waals surface area contributed by atoms with Crippen molar-refractivity contribution in [2.24, 2.45) is 0 Å². The zero-order valence-electron chi connectivity index (χ0n) is 16.0. The molecule has 0 unspecified atom stereocenters. The van der Waals surface area contributed by atoms with Crippen LogP contribution in [0.5, 0.6) is 5.75 Å². The van der Waals surface area contributed by atoms with Gasteiger partial charge in [0.25, 0.3) is 0 Å². The standard InChI is InChI=1S/C21H13F5N4O2/c22-13-2-1-3-14(23)12(13)9-32-10-4-5-11-17(8-10)29-30-20(11)28-21(31)27-16-7-6-15(24)18(25)19(16)26/h1-8H,9H2,(H3,27,28,29,30,31). The molecule has 0 saturated heterocycles. The molecule has 4 rings (SSSR count). The Bertz CT molecular complexity index is 1310. The van der Waals surface area contributed by atoms with E-state index in [4.69, 9.17) is 4.74 Å². The van der Waals surface area contributed by atoms with Crippen molar-refractivity contribution in [3.8, 4) is 5.75 Å². The molecule has 1 aromatic heterocycles. The number of urea groups is 1. The van der Waals surface area contributed by atoms with E-state index in [2.05, 4.69) is 20.8 Å². The van der Waals surface area contributed by atoms with E-state index in [1.165, 1.54) is 24.3 Å². The Kier molecular flexibility index (Phi) is 5.63. The molecule has 0 aliphatic rings. The summed E-state index contributed by atoms with van der Waals surface area (Å²) in [6.45, 7) is -0.342. The number of benzene rings is 3. The summed E-state index contributed by atoms with van der Waals surface area (Å²) in [5.74, 6) is -5.76. The zero-order valence-corrected chi connectivity index (χ0v) is 16.0. The van der Waals surface area contributed by atoms with Gasteiger partial charge in [-0.2, -0.15) is 5.10 Å². The van der Waals surface area contributed by atoms with Gasteiger partial charge in [-0.05, 0) is 36.4 Å². The number of fused-ring (bicyclic) bond motifs is 1. The molecule has 11 heteroatoms. The Hall–Kier alpha value is -4.15. The first-order valence-electron chi connectivity index (χ1n) is 9.09. The molecule has 6 nitrogen and oxygen atoms in total. The Morgan fingerprint density at radius 2 is 1.66 bits per heavy atom. The molecule has 3 aromatic carbocycles. The molecule has 0 aliphatic carbocycles. The smallest absolute Gasteiger partial charge is 0.324 e. The third-order valence-corrected chi connectivity index (χ3v) is 4.49. The third-order valence-electron chi connectivity index (χ3n) is 4.49. The number of rotatable bonds is 5. The van der Waals surface area contributed by atoms with Gasteiger partial charge in [-0.15, -0.1) is 0 Å². The average Bonchev–Trinajstić information content (AvgIpc) is 3.15. The van der Waals surface area contributed by atoms with Crippen molar-refractivity contribution in [2.45, 2.75) is 6.61 Å². The molecule has 1 heterocycles. The van der Waals surface area contributed by atoms with Gasteiger partial charge in [0.15, 0.2) is 23.3 Å². The minimum absolute atomic E-state index is 0.0622.